The van der Waals surface area contributed by atoms with Crippen LogP contribution in [0.5, 0.6) is 11.5 Å². The van der Waals surface area contributed by atoms with Gasteiger partial charge in [-0.2, -0.15) is 0 Å². The Balaban J connectivity index is 1.24. The standard InChI is InChI=1S/C38H30F2N2O4/c1-5-37(43)45-35-21-11-27(23-33(35)39)25-7-13-29(14-8-25)41(3)31-17-19-32(20-18-31)42(4)30-15-9-26(10-16-30)28-12-22-36(34(40)24-28)46-38(44)6-2/h5-24H,1-2H2,3-4H3. The highest BCUT2D eigenvalue weighted by molar-refractivity contribution is 5.84. The van der Waals surface area contributed by atoms with Crippen LogP contribution in [0.25, 0.3) is 22.3 Å². The third kappa shape index (κ3) is 7.03. The average molecular weight is 617 g/mol. The van der Waals surface area contributed by atoms with E-state index in [1.807, 2.05) is 96.7 Å². The van der Waals surface area contributed by atoms with E-state index in [9.17, 15) is 18.4 Å². The van der Waals surface area contributed by atoms with Crippen molar-refractivity contribution >= 4 is 34.7 Å². The van der Waals surface area contributed by atoms with Gasteiger partial charge in [-0.05, 0) is 95.1 Å². The zero-order chi connectivity index (χ0) is 32.8. The van der Waals surface area contributed by atoms with Gasteiger partial charge >= 0.3 is 11.9 Å². The second kappa shape index (κ2) is 13.7. The molecule has 0 aliphatic heterocycles. The van der Waals surface area contributed by atoms with Gasteiger partial charge in [0.25, 0.3) is 0 Å². The van der Waals surface area contributed by atoms with Crippen LogP contribution in [-0.2, 0) is 9.59 Å². The molecule has 0 unspecified atom stereocenters. The fourth-order valence-electron chi connectivity index (χ4n) is 4.78. The van der Waals surface area contributed by atoms with Crippen molar-refractivity contribution < 1.29 is 27.8 Å². The summed E-state index contributed by atoms with van der Waals surface area (Å²) in [5, 5.41) is 0. The minimum atomic E-state index is -0.720. The second-order valence-corrected chi connectivity index (χ2v) is 10.3. The van der Waals surface area contributed by atoms with Crippen LogP contribution in [0, 0.1) is 11.6 Å². The molecule has 0 N–H and O–H groups in total. The van der Waals surface area contributed by atoms with Gasteiger partial charge in [0.15, 0.2) is 23.1 Å². The van der Waals surface area contributed by atoms with Gasteiger partial charge < -0.3 is 19.3 Å². The molecule has 0 amide bonds. The van der Waals surface area contributed by atoms with E-state index < -0.39 is 23.6 Å². The van der Waals surface area contributed by atoms with Crippen LogP contribution in [0.4, 0.5) is 31.5 Å². The minimum absolute atomic E-state index is 0.148. The van der Waals surface area contributed by atoms with Crippen LogP contribution in [0.1, 0.15) is 0 Å². The Morgan fingerprint density at radius 1 is 0.522 bits per heavy atom. The van der Waals surface area contributed by atoms with Crippen LogP contribution < -0.4 is 19.3 Å². The van der Waals surface area contributed by atoms with E-state index in [1.54, 1.807) is 12.1 Å². The molecular formula is C38H30F2N2O4. The Kier molecular flexibility index (Phi) is 9.38. The van der Waals surface area contributed by atoms with Crippen LogP contribution in [0.15, 0.2) is 135 Å². The molecule has 0 heterocycles. The van der Waals surface area contributed by atoms with Crippen molar-refractivity contribution in [1.29, 1.82) is 0 Å². The molecule has 5 aromatic rings. The number of rotatable bonds is 10. The molecule has 0 bridgehead atoms. The molecule has 0 fully saturated rings. The predicted molar refractivity (Wildman–Crippen MR) is 178 cm³/mol. The van der Waals surface area contributed by atoms with Gasteiger partial charge in [0.1, 0.15) is 0 Å². The highest BCUT2D eigenvalue weighted by Crippen LogP contribution is 2.33. The second-order valence-electron chi connectivity index (χ2n) is 10.3. The number of halogens is 2. The van der Waals surface area contributed by atoms with E-state index in [0.29, 0.717) is 11.1 Å². The maximum absolute atomic E-state index is 14.5. The van der Waals surface area contributed by atoms with E-state index >= 15 is 0 Å². The van der Waals surface area contributed by atoms with Gasteiger partial charge in [-0.15, -0.1) is 0 Å². The maximum atomic E-state index is 14.5. The van der Waals surface area contributed by atoms with E-state index in [0.717, 1.165) is 46.0 Å². The van der Waals surface area contributed by atoms with E-state index in [4.69, 9.17) is 9.47 Å². The summed E-state index contributed by atoms with van der Waals surface area (Å²) in [6.07, 6.45) is 1.96. The first kappa shape index (κ1) is 31.4. The fraction of sp³-hybridized carbons (Fsp3) is 0.0526. The third-order valence-corrected chi connectivity index (χ3v) is 7.42. The van der Waals surface area contributed by atoms with Crippen molar-refractivity contribution in [3.63, 3.8) is 0 Å². The van der Waals surface area contributed by atoms with Gasteiger partial charge in [0.2, 0.25) is 0 Å². The Labute approximate surface area is 266 Å². The van der Waals surface area contributed by atoms with Gasteiger partial charge in [0.05, 0.1) is 0 Å². The lowest BCUT2D eigenvalue weighted by Gasteiger charge is -2.23. The molecule has 8 heteroatoms. The maximum Gasteiger partial charge on any atom is 0.335 e. The normalized spacial score (nSPS) is 10.5. The lowest BCUT2D eigenvalue weighted by atomic mass is 10.0. The number of carbonyl (C=O) groups is 2. The Morgan fingerprint density at radius 3 is 1.09 bits per heavy atom. The minimum Gasteiger partial charge on any atom is -0.420 e. The van der Waals surface area contributed by atoms with Gasteiger partial charge in [-0.3, -0.25) is 0 Å². The zero-order valence-corrected chi connectivity index (χ0v) is 25.2. The van der Waals surface area contributed by atoms with Crippen molar-refractivity contribution in [2.24, 2.45) is 0 Å². The molecule has 0 radical (unpaired) electrons. The van der Waals surface area contributed by atoms with Crippen molar-refractivity contribution in [1.82, 2.24) is 0 Å². The molecule has 0 saturated heterocycles. The van der Waals surface area contributed by atoms with Crippen molar-refractivity contribution in [2.75, 3.05) is 23.9 Å². The summed E-state index contributed by atoms with van der Waals surface area (Å²) < 4.78 is 38.7. The molecular weight excluding hydrogens is 586 g/mol. The quantitative estimate of drug-likeness (QED) is 0.0887. The summed E-state index contributed by atoms with van der Waals surface area (Å²) in [4.78, 5) is 26.9. The number of esters is 2. The molecule has 0 spiro atoms. The zero-order valence-electron chi connectivity index (χ0n) is 25.2. The summed E-state index contributed by atoms with van der Waals surface area (Å²) in [7, 11) is 3.93. The van der Waals surface area contributed by atoms with Crippen molar-refractivity contribution in [3.8, 4) is 33.8 Å². The Hall–Kier alpha value is -6.02. The van der Waals surface area contributed by atoms with Crippen LogP contribution in [0.3, 0.4) is 0 Å². The topological polar surface area (TPSA) is 59.1 Å². The van der Waals surface area contributed by atoms with Crippen molar-refractivity contribution in [2.45, 2.75) is 0 Å². The number of hydrogen-bond acceptors (Lipinski definition) is 6. The number of hydrogen-bond donors (Lipinski definition) is 0. The van der Waals surface area contributed by atoms with Gasteiger partial charge in [-0.25, -0.2) is 18.4 Å². The van der Waals surface area contributed by atoms with E-state index in [1.165, 1.54) is 24.3 Å². The summed E-state index contributed by atoms with van der Waals surface area (Å²) in [6, 6.07) is 32.4. The summed E-state index contributed by atoms with van der Waals surface area (Å²) >= 11 is 0. The third-order valence-electron chi connectivity index (χ3n) is 7.42. The number of benzene rings is 5. The first-order valence-corrected chi connectivity index (χ1v) is 14.2. The molecule has 230 valence electrons. The van der Waals surface area contributed by atoms with Crippen molar-refractivity contribution in [3.05, 3.63) is 146 Å². The summed E-state index contributed by atoms with van der Waals surface area (Å²) in [5.41, 5.74) is 6.78. The first-order valence-electron chi connectivity index (χ1n) is 14.2. The van der Waals surface area contributed by atoms with Crippen LogP contribution in [0.2, 0.25) is 0 Å². The molecule has 5 aromatic carbocycles. The molecule has 0 atom stereocenters. The smallest absolute Gasteiger partial charge is 0.335 e. The molecule has 46 heavy (non-hydrogen) atoms. The Morgan fingerprint density at radius 2 is 0.804 bits per heavy atom. The van der Waals surface area contributed by atoms with E-state index in [2.05, 4.69) is 13.2 Å². The number of ether oxygens (including phenoxy) is 2. The van der Waals surface area contributed by atoms with Crippen LogP contribution in [-0.4, -0.2) is 26.0 Å². The highest BCUT2D eigenvalue weighted by atomic mass is 19.1. The average Bonchev–Trinajstić information content (AvgIpc) is 3.09. The van der Waals surface area contributed by atoms with Gasteiger partial charge in [0, 0.05) is 49.0 Å². The Bertz CT molecular complexity index is 1760. The number of nitrogens with zero attached hydrogens (tertiary/aromatic N) is 2. The van der Waals surface area contributed by atoms with Crippen LogP contribution >= 0.6 is 0 Å². The molecule has 6 nitrogen and oxygen atoms in total. The fourth-order valence-corrected chi connectivity index (χ4v) is 4.78. The predicted octanol–water partition coefficient (Wildman–Crippen LogP) is 9.02. The largest absolute Gasteiger partial charge is 0.420 e. The highest BCUT2D eigenvalue weighted by Gasteiger charge is 2.12. The molecule has 0 aromatic heterocycles. The number of anilines is 4. The molecule has 0 aliphatic rings. The monoisotopic (exact) mass is 616 g/mol. The molecule has 5 rings (SSSR count). The number of carbonyl (C=O) groups excluding carboxylic acids is 2. The molecule has 0 aliphatic carbocycles. The molecule has 0 saturated carbocycles. The van der Waals surface area contributed by atoms with E-state index in [-0.39, 0.29) is 11.5 Å². The SMILES string of the molecule is C=CC(=O)Oc1ccc(-c2ccc(N(C)c3ccc(N(C)c4ccc(-c5ccc(OC(=O)C=C)c(F)c5)cc4)cc3)cc2)cc1F. The lowest BCUT2D eigenvalue weighted by Crippen LogP contribution is -2.11. The van der Waals surface area contributed by atoms with Gasteiger partial charge in [-0.1, -0.05) is 49.6 Å². The lowest BCUT2D eigenvalue weighted by molar-refractivity contribution is -0.130. The summed E-state index contributed by atoms with van der Waals surface area (Å²) in [6.45, 7) is 6.64. The first-order chi connectivity index (χ1) is 22.2. The summed E-state index contributed by atoms with van der Waals surface area (Å²) in [5.74, 6) is -3.00.